The fraction of sp³-hybridized carbons (Fsp3) is 1.00. The van der Waals surface area contributed by atoms with E-state index in [4.69, 9.17) is 14.9 Å². The van der Waals surface area contributed by atoms with Gasteiger partial charge in [0.15, 0.2) is 6.29 Å². The molecule has 68 valence electrons. The number of nitrogens with zero attached hydrogens (tertiary/aromatic N) is 1. The van der Waals surface area contributed by atoms with Crippen molar-refractivity contribution in [3.8, 4) is 0 Å². The first-order valence-electron chi connectivity index (χ1n) is 3.66. The van der Waals surface area contributed by atoms with E-state index in [-0.39, 0.29) is 6.61 Å². The van der Waals surface area contributed by atoms with Crippen LogP contribution in [0.1, 0.15) is 0 Å². The predicted octanol–water partition coefficient (Wildman–Crippen LogP) is -0.980. The fourth-order valence-corrected chi connectivity index (χ4v) is 0.515. The van der Waals surface area contributed by atoms with Crippen molar-refractivity contribution in [1.82, 2.24) is 0 Å². The molecule has 1 unspecified atom stereocenters. The summed E-state index contributed by atoms with van der Waals surface area (Å²) in [4.78, 5) is 0. The van der Waals surface area contributed by atoms with Crippen molar-refractivity contribution >= 4 is 0 Å². The maximum absolute atomic E-state index is 8.78. The van der Waals surface area contributed by atoms with Gasteiger partial charge in [-0.05, 0) is 0 Å². The number of quaternary nitrogens is 1. The Balaban J connectivity index is 3.28. The van der Waals surface area contributed by atoms with E-state index >= 15 is 0 Å². The van der Waals surface area contributed by atoms with Crippen molar-refractivity contribution in [3.63, 3.8) is 0 Å². The van der Waals surface area contributed by atoms with Crippen molar-refractivity contribution in [3.05, 3.63) is 0 Å². The third-order valence-corrected chi connectivity index (χ3v) is 1.23. The molecule has 0 bridgehead atoms. The van der Waals surface area contributed by atoms with Crippen LogP contribution in [-0.4, -0.2) is 61.9 Å². The normalized spacial score (nSPS) is 15.0. The highest BCUT2D eigenvalue weighted by atomic mass is 16.6. The first kappa shape index (κ1) is 10.8. The van der Waals surface area contributed by atoms with Gasteiger partial charge in [0.25, 0.3) is 0 Å². The van der Waals surface area contributed by atoms with E-state index in [1.165, 1.54) is 0 Å². The number of hydrogen-bond acceptors (Lipinski definition) is 3. The molecule has 0 aromatic rings. The van der Waals surface area contributed by atoms with Gasteiger partial charge in [-0.3, -0.25) is 0 Å². The maximum atomic E-state index is 8.78. The lowest BCUT2D eigenvalue weighted by Crippen LogP contribution is -2.38. The summed E-state index contributed by atoms with van der Waals surface area (Å²) in [6, 6.07) is 0. The van der Waals surface area contributed by atoms with Crippen LogP contribution in [0.15, 0.2) is 0 Å². The fourth-order valence-electron chi connectivity index (χ4n) is 0.515. The lowest BCUT2D eigenvalue weighted by atomic mass is 10.5. The van der Waals surface area contributed by atoms with E-state index in [0.717, 1.165) is 11.0 Å². The molecule has 0 aromatic heterocycles. The van der Waals surface area contributed by atoms with Crippen LogP contribution in [0.2, 0.25) is 0 Å². The van der Waals surface area contributed by atoms with Crippen LogP contribution in [0, 0.1) is 0 Å². The highest BCUT2D eigenvalue weighted by Gasteiger charge is 2.08. The van der Waals surface area contributed by atoms with E-state index < -0.39 is 6.29 Å². The number of hydrogen-bond donors (Lipinski definition) is 2. The standard InChI is InChI=1S/C7H18NO3/c1-8(2,3)4-5-11-7(10)6-9/h7,9-10H,4-6H2,1-3H3/q+1. The molecule has 0 saturated heterocycles. The van der Waals surface area contributed by atoms with Crippen molar-refractivity contribution in [2.75, 3.05) is 40.9 Å². The second-order valence-corrected chi connectivity index (χ2v) is 3.52. The summed E-state index contributed by atoms with van der Waals surface area (Å²) in [6.45, 7) is 0.944. The molecule has 4 nitrogen and oxygen atoms in total. The van der Waals surface area contributed by atoms with Crippen LogP contribution in [0.25, 0.3) is 0 Å². The molecular formula is C7H18NO3+. The molecule has 0 spiro atoms. The summed E-state index contributed by atoms with van der Waals surface area (Å²) < 4.78 is 5.65. The molecule has 0 saturated carbocycles. The number of likely N-dealkylation sites (N-methyl/N-ethyl adjacent to an activating group) is 1. The van der Waals surface area contributed by atoms with Crippen molar-refractivity contribution in [1.29, 1.82) is 0 Å². The minimum Gasteiger partial charge on any atom is -0.391 e. The Morgan fingerprint density at radius 2 is 1.91 bits per heavy atom. The minimum absolute atomic E-state index is 0.336. The second-order valence-electron chi connectivity index (χ2n) is 3.52. The maximum Gasteiger partial charge on any atom is 0.178 e. The van der Waals surface area contributed by atoms with Gasteiger partial charge < -0.3 is 19.4 Å². The molecule has 0 aromatic carbocycles. The number of rotatable bonds is 5. The van der Waals surface area contributed by atoms with Gasteiger partial charge in [-0.25, -0.2) is 0 Å². The van der Waals surface area contributed by atoms with Crippen LogP contribution < -0.4 is 0 Å². The van der Waals surface area contributed by atoms with E-state index in [9.17, 15) is 0 Å². The Kier molecular flexibility index (Phi) is 4.60. The molecule has 2 N–H and O–H groups in total. The summed E-state index contributed by atoms with van der Waals surface area (Å²) in [5, 5.41) is 17.2. The van der Waals surface area contributed by atoms with Gasteiger partial charge in [0, 0.05) is 0 Å². The summed E-state index contributed by atoms with van der Waals surface area (Å²) in [5.41, 5.74) is 0. The molecule has 0 heterocycles. The summed E-state index contributed by atoms with van der Waals surface area (Å²) in [6.07, 6.45) is -1.03. The molecule has 0 aliphatic rings. The van der Waals surface area contributed by atoms with Gasteiger partial charge in [0.1, 0.15) is 6.54 Å². The monoisotopic (exact) mass is 164 g/mol. The average molecular weight is 164 g/mol. The molecule has 0 amide bonds. The van der Waals surface area contributed by atoms with Gasteiger partial charge >= 0.3 is 0 Å². The van der Waals surface area contributed by atoms with Crippen molar-refractivity contribution < 1.29 is 19.4 Å². The van der Waals surface area contributed by atoms with Gasteiger partial charge in [0.2, 0.25) is 0 Å². The molecule has 0 aliphatic carbocycles. The Bertz CT molecular complexity index is 100. The molecule has 1 atom stereocenters. The SMILES string of the molecule is C[N+](C)(C)CCOC(O)CO. The van der Waals surface area contributed by atoms with Crippen LogP contribution in [-0.2, 0) is 4.74 Å². The number of ether oxygens (including phenoxy) is 1. The predicted molar refractivity (Wildman–Crippen MR) is 41.9 cm³/mol. The third-order valence-electron chi connectivity index (χ3n) is 1.23. The summed E-state index contributed by atoms with van der Waals surface area (Å²) in [5.74, 6) is 0. The Morgan fingerprint density at radius 1 is 1.36 bits per heavy atom. The third kappa shape index (κ3) is 7.74. The quantitative estimate of drug-likeness (QED) is 0.405. The van der Waals surface area contributed by atoms with E-state index in [0.29, 0.717) is 6.61 Å². The van der Waals surface area contributed by atoms with Gasteiger partial charge in [-0.1, -0.05) is 0 Å². The largest absolute Gasteiger partial charge is 0.391 e. The summed E-state index contributed by atoms with van der Waals surface area (Å²) >= 11 is 0. The molecule has 0 radical (unpaired) electrons. The highest BCUT2D eigenvalue weighted by molar-refractivity contribution is 4.34. The van der Waals surface area contributed by atoms with E-state index in [1.807, 2.05) is 21.1 Å². The smallest absolute Gasteiger partial charge is 0.178 e. The van der Waals surface area contributed by atoms with Crippen LogP contribution in [0.4, 0.5) is 0 Å². The van der Waals surface area contributed by atoms with Gasteiger partial charge in [-0.15, -0.1) is 0 Å². The molecular weight excluding hydrogens is 146 g/mol. The molecule has 4 heteroatoms. The zero-order valence-electron chi connectivity index (χ0n) is 7.45. The van der Waals surface area contributed by atoms with E-state index in [1.54, 1.807) is 0 Å². The van der Waals surface area contributed by atoms with Crippen LogP contribution in [0.3, 0.4) is 0 Å². The Labute approximate surface area is 67.6 Å². The molecule has 0 aliphatic heterocycles. The second kappa shape index (κ2) is 4.66. The molecule has 11 heavy (non-hydrogen) atoms. The van der Waals surface area contributed by atoms with Crippen molar-refractivity contribution in [2.24, 2.45) is 0 Å². The Morgan fingerprint density at radius 3 is 2.27 bits per heavy atom. The van der Waals surface area contributed by atoms with Crippen LogP contribution in [0.5, 0.6) is 0 Å². The van der Waals surface area contributed by atoms with Crippen molar-refractivity contribution in [2.45, 2.75) is 6.29 Å². The zero-order chi connectivity index (χ0) is 8.91. The number of aliphatic hydroxyl groups is 2. The summed E-state index contributed by atoms with van der Waals surface area (Å²) in [7, 11) is 6.11. The first-order valence-corrected chi connectivity index (χ1v) is 3.66. The van der Waals surface area contributed by atoms with Gasteiger partial charge in [-0.2, -0.15) is 0 Å². The Hall–Kier alpha value is -0.160. The number of aliphatic hydroxyl groups excluding tert-OH is 2. The minimum atomic E-state index is -1.03. The van der Waals surface area contributed by atoms with Crippen LogP contribution >= 0.6 is 0 Å². The lowest BCUT2D eigenvalue weighted by Gasteiger charge is -2.24. The average Bonchev–Trinajstić information content (AvgIpc) is 1.85. The van der Waals surface area contributed by atoms with Gasteiger partial charge in [0.05, 0.1) is 34.4 Å². The zero-order valence-corrected chi connectivity index (χ0v) is 7.45. The lowest BCUT2D eigenvalue weighted by molar-refractivity contribution is -0.871. The van der Waals surface area contributed by atoms with E-state index in [2.05, 4.69) is 0 Å². The highest BCUT2D eigenvalue weighted by Crippen LogP contribution is 1.91. The first-order chi connectivity index (χ1) is 4.95. The molecule has 0 fully saturated rings. The molecule has 0 rings (SSSR count). The topological polar surface area (TPSA) is 49.7 Å².